The zero-order valence-corrected chi connectivity index (χ0v) is 13.1. The summed E-state index contributed by atoms with van der Waals surface area (Å²) in [6, 6.07) is 14.7. The number of hydrogen-bond acceptors (Lipinski definition) is 2. The van der Waals surface area contributed by atoms with E-state index in [0.29, 0.717) is 24.2 Å². The third-order valence-corrected chi connectivity index (χ3v) is 3.65. The van der Waals surface area contributed by atoms with Crippen molar-refractivity contribution < 1.29 is 9.53 Å². The maximum atomic E-state index is 12.3. The van der Waals surface area contributed by atoms with Gasteiger partial charge < -0.3 is 4.74 Å². The molecule has 0 spiro atoms. The Labute approximate surface area is 133 Å². The molecule has 0 radical (unpaired) electrons. The molecule has 0 saturated heterocycles. The van der Waals surface area contributed by atoms with E-state index in [1.165, 1.54) is 0 Å². The molecule has 2 nitrogen and oxygen atoms in total. The first-order chi connectivity index (χ1) is 10.2. The van der Waals surface area contributed by atoms with Gasteiger partial charge in [0.05, 0.1) is 6.61 Å². The highest BCUT2D eigenvalue weighted by molar-refractivity contribution is 9.08. The smallest absolute Gasteiger partial charge is 0.193 e. The van der Waals surface area contributed by atoms with Gasteiger partial charge in [-0.3, -0.25) is 4.79 Å². The molecule has 0 aliphatic rings. The predicted molar refractivity (Wildman–Crippen MR) is 87.9 cm³/mol. The minimum Gasteiger partial charge on any atom is -0.493 e. The molecule has 2 rings (SSSR count). The van der Waals surface area contributed by atoms with Crippen molar-refractivity contribution in [3.05, 3.63) is 65.2 Å². The third kappa shape index (κ3) is 4.21. The summed E-state index contributed by atoms with van der Waals surface area (Å²) < 4.78 is 5.46. The number of benzene rings is 2. The summed E-state index contributed by atoms with van der Waals surface area (Å²) >= 11 is 3.39. The van der Waals surface area contributed by atoms with Crippen LogP contribution in [0.25, 0.3) is 0 Å². The maximum absolute atomic E-state index is 12.3. The minimum atomic E-state index is 0.00583. The van der Waals surface area contributed by atoms with Gasteiger partial charge in [0.2, 0.25) is 0 Å². The Bertz CT molecular complexity index is 636. The van der Waals surface area contributed by atoms with Gasteiger partial charge in [-0.2, -0.15) is 0 Å². The van der Waals surface area contributed by atoms with Gasteiger partial charge in [-0.15, -0.1) is 12.3 Å². The average Bonchev–Trinajstić information content (AvgIpc) is 2.55. The Morgan fingerprint density at radius 1 is 1.05 bits per heavy atom. The zero-order chi connectivity index (χ0) is 15.1. The van der Waals surface area contributed by atoms with Crippen LogP contribution in [-0.4, -0.2) is 12.4 Å². The Kier molecular flexibility index (Phi) is 5.59. The quantitative estimate of drug-likeness (QED) is 0.340. The van der Waals surface area contributed by atoms with E-state index in [9.17, 15) is 4.79 Å². The fourth-order valence-electron chi connectivity index (χ4n) is 1.84. The van der Waals surface area contributed by atoms with Crippen LogP contribution in [0, 0.1) is 12.3 Å². The van der Waals surface area contributed by atoms with Crippen LogP contribution in [0.2, 0.25) is 0 Å². The van der Waals surface area contributed by atoms with Crippen molar-refractivity contribution in [3.63, 3.8) is 0 Å². The van der Waals surface area contributed by atoms with Crippen LogP contribution >= 0.6 is 15.9 Å². The van der Waals surface area contributed by atoms with E-state index in [0.717, 1.165) is 16.6 Å². The van der Waals surface area contributed by atoms with Crippen molar-refractivity contribution in [2.45, 2.75) is 11.8 Å². The SMILES string of the molecule is C#CCCOc1ccc(C(=O)c2ccc(CBr)cc2)cc1. The normalized spacial score (nSPS) is 9.90. The summed E-state index contributed by atoms with van der Waals surface area (Å²) in [5.74, 6) is 3.24. The Balaban J connectivity index is 2.06. The first-order valence-electron chi connectivity index (χ1n) is 6.60. The van der Waals surface area contributed by atoms with Crippen LogP contribution < -0.4 is 4.74 Å². The lowest BCUT2D eigenvalue weighted by atomic mass is 10.0. The third-order valence-electron chi connectivity index (χ3n) is 3.00. The van der Waals surface area contributed by atoms with E-state index < -0.39 is 0 Å². The molecule has 0 aliphatic carbocycles. The largest absolute Gasteiger partial charge is 0.493 e. The summed E-state index contributed by atoms with van der Waals surface area (Å²) in [5, 5.41) is 0.783. The Morgan fingerprint density at radius 2 is 1.62 bits per heavy atom. The molecule has 3 heteroatoms. The molecule has 0 amide bonds. The molecule has 0 aliphatic heterocycles. The lowest BCUT2D eigenvalue weighted by Crippen LogP contribution is -2.02. The molecule has 0 unspecified atom stereocenters. The van der Waals surface area contributed by atoms with E-state index >= 15 is 0 Å². The summed E-state index contributed by atoms with van der Waals surface area (Å²) in [5.41, 5.74) is 2.47. The molecule has 0 fully saturated rings. The Hall–Kier alpha value is -2.05. The van der Waals surface area contributed by atoms with Gasteiger partial charge >= 0.3 is 0 Å². The van der Waals surface area contributed by atoms with Crippen LogP contribution in [0.15, 0.2) is 48.5 Å². The lowest BCUT2D eigenvalue weighted by molar-refractivity contribution is 0.103. The van der Waals surface area contributed by atoms with E-state index in [-0.39, 0.29) is 5.78 Å². The number of ketones is 1. The Morgan fingerprint density at radius 3 is 2.14 bits per heavy atom. The molecule has 0 heterocycles. The molecule has 0 atom stereocenters. The van der Waals surface area contributed by atoms with Crippen molar-refractivity contribution in [1.82, 2.24) is 0 Å². The van der Waals surface area contributed by atoms with Gasteiger partial charge in [-0.05, 0) is 29.8 Å². The standard InChI is InChI=1S/C18H15BrO2/c1-2-3-12-21-17-10-8-16(9-11-17)18(20)15-6-4-14(13-19)5-7-15/h1,4-11H,3,12-13H2. The lowest BCUT2D eigenvalue weighted by Gasteiger charge is -2.06. The van der Waals surface area contributed by atoms with Crippen molar-refractivity contribution in [2.24, 2.45) is 0 Å². The van der Waals surface area contributed by atoms with E-state index in [2.05, 4.69) is 21.9 Å². The number of carbonyl (C=O) groups is 1. The monoisotopic (exact) mass is 342 g/mol. The molecule has 106 valence electrons. The molecular formula is C18H15BrO2. The molecule has 2 aromatic carbocycles. The number of rotatable bonds is 6. The van der Waals surface area contributed by atoms with Crippen molar-refractivity contribution >= 4 is 21.7 Å². The van der Waals surface area contributed by atoms with Gasteiger partial charge in [0.25, 0.3) is 0 Å². The summed E-state index contributed by atoms with van der Waals surface area (Å²) in [6.07, 6.45) is 5.73. The molecule has 2 aromatic rings. The van der Waals surface area contributed by atoms with Crippen LogP contribution in [0.5, 0.6) is 5.75 Å². The number of carbonyl (C=O) groups excluding carboxylic acids is 1. The molecular weight excluding hydrogens is 328 g/mol. The second-order valence-corrected chi connectivity index (χ2v) is 5.05. The molecule has 0 aromatic heterocycles. The summed E-state index contributed by atoms with van der Waals surface area (Å²) in [4.78, 5) is 12.3. The van der Waals surface area contributed by atoms with Crippen molar-refractivity contribution in [1.29, 1.82) is 0 Å². The van der Waals surface area contributed by atoms with Gasteiger partial charge in [-0.1, -0.05) is 40.2 Å². The fraction of sp³-hybridized carbons (Fsp3) is 0.167. The average molecular weight is 343 g/mol. The van der Waals surface area contributed by atoms with Crippen LogP contribution in [0.1, 0.15) is 27.9 Å². The predicted octanol–water partition coefficient (Wildman–Crippen LogP) is 4.21. The summed E-state index contributed by atoms with van der Waals surface area (Å²) in [6.45, 7) is 0.484. The number of ether oxygens (including phenoxy) is 1. The van der Waals surface area contributed by atoms with Gasteiger partial charge in [0.15, 0.2) is 5.78 Å². The van der Waals surface area contributed by atoms with Crippen LogP contribution in [-0.2, 0) is 5.33 Å². The number of alkyl halides is 1. The van der Waals surface area contributed by atoms with Gasteiger partial charge in [-0.25, -0.2) is 0 Å². The highest BCUT2D eigenvalue weighted by Gasteiger charge is 2.09. The summed E-state index contributed by atoms with van der Waals surface area (Å²) in [7, 11) is 0. The van der Waals surface area contributed by atoms with E-state index in [1.807, 2.05) is 24.3 Å². The van der Waals surface area contributed by atoms with E-state index in [4.69, 9.17) is 11.2 Å². The maximum Gasteiger partial charge on any atom is 0.193 e. The molecule has 0 bridgehead atoms. The van der Waals surface area contributed by atoms with Crippen molar-refractivity contribution in [2.75, 3.05) is 6.61 Å². The molecule has 0 saturated carbocycles. The van der Waals surface area contributed by atoms with Crippen LogP contribution in [0.4, 0.5) is 0 Å². The number of halogens is 1. The van der Waals surface area contributed by atoms with Crippen LogP contribution in [0.3, 0.4) is 0 Å². The fourth-order valence-corrected chi connectivity index (χ4v) is 2.22. The topological polar surface area (TPSA) is 26.3 Å². The van der Waals surface area contributed by atoms with Crippen molar-refractivity contribution in [3.8, 4) is 18.1 Å². The highest BCUT2D eigenvalue weighted by Crippen LogP contribution is 2.16. The first-order valence-corrected chi connectivity index (χ1v) is 7.72. The number of terminal acetylenes is 1. The second-order valence-electron chi connectivity index (χ2n) is 4.49. The van der Waals surface area contributed by atoms with Gasteiger partial charge in [0.1, 0.15) is 5.75 Å². The zero-order valence-electron chi connectivity index (χ0n) is 11.5. The van der Waals surface area contributed by atoms with E-state index in [1.54, 1.807) is 24.3 Å². The molecule has 0 N–H and O–H groups in total. The number of hydrogen-bond donors (Lipinski definition) is 0. The highest BCUT2D eigenvalue weighted by atomic mass is 79.9. The second kappa shape index (κ2) is 7.66. The minimum absolute atomic E-state index is 0.00583. The first kappa shape index (κ1) is 15.3. The molecule has 21 heavy (non-hydrogen) atoms. The van der Waals surface area contributed by atoms with Gasteiger partial charge in [0, 0.05) is 22.9 Å².